The zero-order chi connectivity index (χ0) is 15.5. The number of para-hydroxylation sites is 1. The molecule has 1 aliphatic heterocycles. The Kier molecular flexibility index (Phi) is 4.48. The van der Waals surface area contributed by atoms with E-state index in [-0.39, 0.29) is 6.04 Å². The molecule has 0 radical (unpaired) electrons. The maximum Gasteiger partial charge on any atom is 0.131 e. The molecule has 118 valence electrons. The number of hydrogen-bond acceptors (Lipinski definition) is 2. The summed E-state index contributed by atoms with van der Waals surface area (Å²) in [5, 5.41) is 14.5. The van der Waals surface area contributed by atoms with Crippen LogP contribution in [0.3, 0.4) is 0 Å². The molecule has 4 heteroatoms. The van der Waals surface area contributed by atoms with Gasteiger partial charge in [0.25, 0.3) is 0 Å². The van der Waals surface area contributed by atoms with E-state index < -0.39 is 12.0 Å². The minimum Gasteiger partial charge on any atom is -0.544 e. The summed E-state index contributed by atoms with van der Waals surface area (Å²) in [5.41, 5.74) is 3.50. The molecule has 1 aromatic heterocycles. The molecule has 2 aromatic rings. The van der Waals surface area contributed by atoms with Crippen molar-refractivity contribution < 1.29 is 15.2 Å². The van der Waals surface area contributed by atoms with Crippen molar-refractivity contribution in [3.8, 4) is 0 Å². The molecule has 0 fully saturated rings. The number of nitrogens with one attached hydrogen (secondary N) is 1. The first-order chi connectivity index (χ1) is 10.7. The summed E-state index contributed by atoms with van der Waals surface area (Å²) in [7, 11) is 0. The van der Waals surface area contributed by atoms with Crippen LogP contribution in [0.5, 0.6) is 0 Å². The lowest BCUT2D eigenvalue weighted by Crippen LogP contribution is -2.95. The minimum absolute atomic E-state index is 0.205. The Morgan fingerprint density at radius 3 is 2.91 bits per heavy atom. The molecule has 1 aromatic carbocycles. The normalized spacial score (nSPS) is 21.0. The Morgan fingerprint density at radius 1 is 1.32 bits per heavy atom. The van der Waals surface area contributed by atoms with E-state index in [9.17, 15) is 9.90 Å². The van der Waals surface area contributed by atoms with Gasteiger partial charge in [-0.05, 0) is 18.1 Å². The summed E-state index contributed by atoms with van der Waals surface area (Å²) in [6, 6.07) is 7.91. The highest BCUT2D eigenvalue weighted by Crippen LogP contribution is 2.30. The standard InChI is InChI=1S/C18H24N2O2/c1-2-3-4-5-10-15-17-13(11-16(19-15)18(21)22)12-8-6-7-9-14(12)20-17/h6-9,15-16,19-20H,2-5,10-11H2,1H3,(H,21,22)/t15-,16+/m0/s1. The molecule has 3 N–H and O–H groups in total. The van der Waals surface area contributed by atoms with Crippen molar-refractivity contribution in [2.75, 3.05) is 0 Å². The second kappa shape index (κ2) is 6.53. The van der Waals surface area contributed by atoms with Crippen molar-refractivity contribution >= 4 is 16.9 Å². The largest absolute Gasteiger partial charge is 0.544 e. The van der Waals surface area contributed by atoms with Crippen LogP contribution in [0, 0.1) is 0 Å². The SMILES string of the molecule is CCCCCC[C@@H]1[NH2+][C@@H](C(=O)[O-])Cc2c1[nH]c1ccccc21. The number of carboxylic acids is 1. The molecule has 0 amide bonds. The van der Waals surface area contributed by atoms with E-state index in [4.69, 9.17) is 0 Å². The first-order valence-corrected chi connectivity index (χ1v) is 8.36. The molecule has 2 heterocycles. The van der Waals surface area contributed by atoms with Gasteiger partial charge in [-0.1, -0.05) is 44.4 Å². The predicted octanol–water partition coefficient (Wildman–Crippen LogP) is 1.42. The van der Waals surface area contributed by atoms with E-state index in [2.05, 4.69) is 24.0 Å². The number of carbonyl (C=O) groups is 1. The van der Waals surface area contributed by atoms with Crippen LogP contribution in [0.1, 0.15) is 56.3 Å². The van der Waals surface area contributed by atoms with Crippen molar-refractivity contribution in [3.05, 3.63) is 35.5 Å². The van der Waals surface area contributed by atoms with Crippen LogP contribution in [0.25, 0.3) is 10.9 Å². The molecule has 0 saturated heterocycles. The average molecular weight is 300 g/mol. The average Bonchev–Trinajstić information content (AvgIpc) is 2.90. The second-order valence-electron chi connectivity index (χ2n) is 6.34. The third-order valence-corrected chi connectivity index (χ3v) is 4.78. The van der Waals surface area contributed by atoms with Gasteiger partial charge < -0.3 is 20.2 Å². The minimum atomic E-state index is -0.950. The van der Waals surface area contributed by atoms with Crippen molar-refractivity contribution in [3.63, 3.8) is 0 Å². The number of quaternary nitrogens is 1. The first-order valence-electron chi connectivity index (χ1n) is 8.36. The highest BCUT2D eigenvalue weighted by atomic mass is 16.4. The molecule has 2 atom stereocenters. The molecule has 3 rings (SSSR count). The fraction of sp³-hybridized carbons (Fsp3) is 0.500. The Bertz CT molecular complexity index is 662. The van der Waals surface area contributed by atoms with Crippen LogP contribution in [0.2, 0.25) is 0 Å². The van der Waals surface area contributed by atoms with Gasteiger partial charge in [0.1, 0.15) is 12.1 Å². The third-order valence-electron chi connectivity index (χ3n) is 4.78. The molecular formula is C18H24N2O2. The van der Waals surface area contributed by atoms with Gasteiger partial charge in [0.05, 0.1) is 11.7 Å². The van der Waals surface area contributed by atoms with E-state index in [0.29, 0.717) is 6.42 Å². The number of carboxylic acid groups (broad SMARTS) is 1. The number of aromatic nitrogens is 1. The predicted molar refractivity (Wildman–Crippen MR) is 84.2 cm³/mol. The van der Waals surface area contributed by atoms with Crippen molar-refractivity contribution in [2.45, 2.75) is 57.5 Å². The Hall–Kier alpha value is -1.81. The van der Waals surface area contributed by atoms with E-state index >= 15 is 0 Å². The quantitative estimate of drug-likeness (QED) is 0.792. The Balaban J connectivity index is 1.88. The molecule has 22 heavy (non-hydrogen) atoms. The van der Waals surface area contributed by atoms with Crippen LogP contribution < -0.4 is 10.4 Å². The lowest BCUT2D eigenvalue weighted by atomic mass is 9.91. The maximum atomic E-state index is 11.4. The number of aliphatic carboxylic acids is 1. The Labute approximate surface area is 130 Å². The number of rotatable bonds is 6. The summed E-state index contributed by atoms with van der Waals surface area (Å²) < 4.78 is 0. The van der Waals surface area contributed by atoms with Gasteiger partial charge in [-0.15, -0.1) is 0 Å². The zero-order valence-electron chi connectivity index (χ0n) is 13.1. The summed E-state index contributed by atoms with van der Waals surface area (Å²) in [5.74, 6) is -0.950. The van der Waals surface area contributed by atoms with Gasteiger partial charge in [-0.3, -0.25) is 0 Å². The number of aromatic amines is 1. The number of unbranched alkanes of at least 4 members (excludes halogenated alkanes) is 3. The fourth-order valence-electron chi connectivity index (χ4n) is 3.62. The second-order valence-corrected chi connectivity index (χ2v) is 6.34. The Morgan fingerprint density at radius 2 is 2.14 bits per heavy atom. The molecule has 0 bridgehead atoms. The molecular weight excluding hydrogens is 276 g/mol. The number of carbonyl (C=O) groups excluding carboxylic acids is 1. The molecule has 0 unspecified atom stereocenters. The number of nitrogens with two attached hydrogens (primary N) is 1. The van der Waals surface area contributed by atoms with Crippen LogP contribution in [-0.4, -0.2) is 17.0 Å². The van der Waals surface area contributed by atoms with Gasteiger partial charge in [0, 0.05) is 23.7 Å². The van der Waals surface area contributed by atoms with Gasteiger partial charge in [-0.2, -0.15) is 0 Å². The molecule has 1 aliphatic rings. The number of benzene rings is 1. The summed E-state index contributed by atoms with van der Waals surface area (Å²) in [6.07, 6.45) is 6.39. The van der Waals surface area contributed by atoms with Crippen molar-refractivity contribution in [1.29, 1.82) is 0 Å². The van der Waals surface area contributed by atoms with E-state index in [1.54, 1.807) is 0 Å². The fourth-order valence-corrected chi connectivity index (χ4v) is 3.62. The number of fused-ring (bicyclic) bond motifs is 3. The topological polar surface area (TPSA) is 72.5 Å². The summed E-state index contributed by atoms with van der Waals surface area (Å²) >= 11 is 0. The van der Waals surface area contributed by atoms with Crippen LogP contribution >= 0.6 is 0 Å². The van der Waals surface area contributed by atoms with Gasteiger partial charge >= 0.3 is 0 Å². The van der Waals surface area contributed by atoms with Crippen LogP contribution in [0.4, 0.5) is 0 Å². The van der Waals surface area contributed by atoms with Crippen molar-refractivity contribution in [1.82, 2.24) is 4.98 Å². The molecule has 0 saturated carbocycles. The third kappa shape index (κ3) is 2.88. The van der Waals surface area contributed by atoms with Gasteiger partial charge in [-0.25, -0.2) is 0 Å². The first kappa shape index (κ1) is 15.1. The summed E-state index contributed by atoms with van der Waals surface area (Å²) in [4.78, 5) is 14.9. The monoisotopic (exact) mass is 300 g/mol. The summed E-state index contributed by atoms with van der Waals surface area (Å²) in [6.45, 7) is 2.20. The number of H-pyrrole nitrogens is 1. The lowest BCUT2D eigenvalue weighted by molar-refractivity contribution is -0.726. The highest BCUT2D eigenvalue weighted by Gasteiger charge is 2.33. The van der Waals surface area contributed by atoms with Gasteiger partial charge in [0.15, 0.2) is 0 Å². The maximum absolute atomic E-state index is 11.4. The van der Waals surface area contributed by atoms with Crippen molar-refractivity contribution in [2.24, 2.45) is 0 Å². The van der Waals surface area contributed by atoms with Crippen LogP contribution in [-0.2, 0) is 11.2 Å². The molecule has 0 aliphatic carbocycles. The number of hydrogen-bond donors (Lipinski definition) is 2. The highest BCUT2D eigenvalue weighted by molar-refractivity contribution is 5.86. The van der Waals surface area contributed by atoms with E-state index in [1.165, 1.54) is 30.5 Å². The smallest absolute Gasteiger partial charge is 0.131 e. The van der Waals surface area contributed by atoms with E-state index in [1.807, 2.05) is 17.4 Å². The zero-order valence-corrected chi connectivity index (χ0v) is 13.1. The van der Waals surface area contributed by atoms with E-state index in [0.717, 1.165) is 23.7 Å². The molecule has 4 nitrogen and oxygen atoms in total. The van der Waals surface area contributed by atoms with Crippen LogP contribution in [0.15, 0.2) is 24.3 Å². The van der Waals surface area contributed by atoms with Gasteiger partial charge in [0.2, 0.25) is 0 Å². The molecule has 0 spiro atoms. The lowest BCUT2D eigenvalue weighted by Gasteiger charge is -2.28.